The lowest BCUT2D eigenvalue weighted by atomic mass is 10.7. The molecule has 0 rings (SSSR count). The number of hydrogen-bond donors (Lipinski definition) is 1. The molecule has 0 aromatic heterocycles. The SMILES string of the molecule is O=POCCOCCO. The van der Waals surface area contributed by atoms with E-state index >= 15 is 0 Å². The van der Waals surface area contributed by atoms with Crippen molar-refractivity contribution in [3.05, 3.63) is 0 Å². The van der Waals surface area contributed by atoms with E-state index in [1.165, 1.54) is 0 Å². The second-order valence-corrected chi connectivity index (χ2v) is 1.65. The first-order valence-electron chi connectivity index (χ1n) is 2.55. The maximum absolute atomic E-state index is 9.61. The Hall–Kier alpha value is -0.0200. The summed E-state index contributed by atoms with van der Waals surface area (Å²) in [7, 11) is -0.328. The minimum absolute atomic E-state index is 0.00902. The van der Waals surface area contributed by atoms with Crippen LogP contribution in [0.1, 0.15) is 0 Å². The van der Waals surface area contributed by atoms with Crippen LogP contribution in [0.5, 0.6) is 0 Å². The maximum Gasteiger partial charge on any atom is 0.327 e. The van der Waals surface area contributed by atoms with Gasteiger partial charge in [-0.3, -0.25) is 4.52 Å². The van der Waals surface area contributed by atoms with Crippen molar-refractivity contribution in [2.24, 2.45) is 0 Å². The van der Waals surface area contributed by atoms with Crippen molar-refractivity contribution >= 4 is 8.69 Å². The van der Waals surface area contributed by atoms with Crippen molar-refractivity contribution in [2.75, 3.05) is 26.4 Å². The van der Waals surface area contributed by atoms with Gasteiger partial charge in [-0.25, -0.2) is 4.57 Å². The van der Waals surface area contributed by atoms with Gasteiger partial charge in [0.25, 0.3) is 0 Å². The highest BCUT2D eigenvalue weighted by Crippen LogP contribution is 1.91. The molecule has 9 heavy (non-hydrogen) atoms. The summed E-state index contributed by atoms with van der Waals surface area (Å²) in [5.41, 5.74) is 0. The lowest BCUT2D eigenvalue weighted by molar-refractivity contribution is 0.0732. The molecule has 0 aromatic rings. The molecule has 5 heteroatoms. The first-order chi connectivity index (χ1) is 4.41. The zero-order valence-corrected chi connectivity index (χ0v) is 5.84. The number of hydrogen-bond acceptors (Lipinski definition) is 4. The number of aliphatic hydroxyl groups excluding tert-OH is 1. The molecule has 0 heterocycles. The van der Waals surface area contributed by atoms with Gasteiger partial charge in [0.2, 0.25) is 0 Å². The van der Waals surface area contributed by atoms with E-state index in [4.69, 9.17) is 9.84 Å². The van der Waals surface area contributed by atoms with Crippen molar-refractivity contribution in [3.63, 3.8) is 0 Å². The quantitative estimate of drug-likeness (QED) is 0.437. The van der Waals surface area contributed by atoms with Gasteiger partial charge in [0.15, 0.2) is 0 Å². The molecule has 0 aliphatic carbocycles. The second kappa shape index (κ2) is 7.98. The van der Waals surface area contributed by atoms with Crippen LogP contribution in [0.2, 0.25) is 0 Å². The molecule has 54 valence electrons. The third-order valence-corrected chi connectivity index (χ3v) is 0.895. The summed E-state index contributed by atoms with van der Waals surface area (Å²) < 4.78 is 18.8. The molecule has 0 spiro atoms. The predicted molar refractivity (Wildman–Crippen MR) is 31.5 cm³/mol. The van der Waals surface area contributed by atoms with Gasteiger partial charge in [0.05, 0.1) is 26.4 Å². The molecule has 1 N–H and O–H groups in total. The molecule has 0 saturated carbocycles. The van der Waals surface area contributed by atoms with E-state index in [2.05, 4.69) is 4.52 Å². The zero-order chi connectivity index (χ0) is 6.95. The van der Waals surface area contributed by atoms with Crippen LogP contribution in [-0.2, 0) is 13.8 Å². The minimum atomic E-state index is -0.328. The molecule has 0 amide bonds. The molecular formula is C4H9O4P. The van der Waals surface area contributed by atoms with Gasteiger partial charge in [-0.1, -0.05) is 0 Å². The first-order valence-corrected chi connectivity index (χ1v) is 3.28. The zero-order valence-electron chi connectivity index (χ0n) is 4.95. The molecule has 4 nitrogen and oxygen atoms in total. The highest BCUT2D eigenvalue weighted by atomic mass is 31.1. The van der Waals surface area contributed by atoms with Crippen molar-refractivity contribution in [3.8, 4) is 0 Å². The lowest BCUT2D eigenvalue weighted by Gasteiger charge is -1.97. The fourth-order valence-corrected chi connectivity index (χ4v) is 0.449. The van der Waals surface area contributed by atoms with Gasteiger partial charge in [0, 0.05) is 0 Å². The van der Waals surface area contributed by atoms with Crippen LogP contribution in [0, 0.1) is 0 Å². The van der Waals surface area contributed by atoms with Gasteiger partial charge in [-0.15, -0.1) is 0 Å². The Morgan fingerprint density at radius 2 is 2.11 bits per heavy atom. The third-order valence-electron chi connectivity index (χ3n) is 0.607. The van der Waals surface area contributed by atoms with Crippen LogP contribution in [-0.4, -0.2) is 31.5 Å². The van der Waals surface area contributed by atoms with Gasteiger partial charge >= 0.3 is 8.69 Å². The normalized spacial score (nSPS) is 10.3. The van der Waals surface area contributed by atoms with Crippen LogP contribution in [0.4, 0.5) is 0 Å². The molecule has 0 radical (unpaired) electrons. The Labute approximate surface area is 55.1 Å². The summed E-state index contributed by atoms with van der Waals surface area (Å²) in [5, 5.41) is 8.19. The highest BCUT2D eigenvalue weighted by molar-refractivity contribution is 7.17. The van der Waals surface area contributed by atoms with Crippen LogP contribution in [0.15, 0.2) is 0 Å². The van der Waals surface area contributed by atoms with E-state index in [0.717, 1.165) is 0 Å². The standard InChI is InChI=1S/C4H9O4P/c5-1-2-7-3-4-8-9-6/h5H,1-4H2. The van der Waals surface area contributed by atoms with E-state index < -0.39 is 0 Å². The Kier molecular flexibility index (Phi) is 7.96. The monoisotopic (exact) mass is 152 g/mol. The Morgan fingerprint density at radius 3 is 2.67 bits per heavy atom. The average Bonchev–Trinajstić information content (AvgIpc) is 1.89. The fourth-order valence-electron chi connectivity index (χ4n) is 0.300. The summed E-state index contributed by atoms with van der Waals surface area (Å²) in [4.78, 5) is 0. The summed E-state index contributed by atoms with van der Waals surface area (Å²) in [6.45, 7) is 0.981. The third kappa shape index (κ3) is 7.98. The van der Waals surface area contributed by atoms with Gasteiger partial charge in [-0.2, -0.15) is 0 Å². The van der Waals surface area contributed by atoms with Crippen molar-refractivity contribution < 1.29 is 18.9 Å². The maximum atomic E-state index is 9.61. The summed E-state index contributed by atoms with van der Waals surface area (Å²) in [5.74, 6) is 0. The van der Waals surface area contributed by atoms with E-state index in [1.807, 2.05) is 0 Å². The second-order valence-electron chi connectivity index (χ2n) is 1.24. The largest absolute Gasteiger partial charge is 0.394 e. The molecule has 0 atom stereocenters. The van der Waals surface area contributed by atoms with Crippen molar-refractivity contribution in [1.82, 2.24) is 0 Å². The van der Waals surface area contributed by atoms with Gasteiger partial charge in [0.1, 0.15) is 0 Å². The van der Waals surface area contributed by atoms with Crippen LogP contribution in [0.25, 0.3) is 0 Å². The topological polar surface area (TPSA) is 55.8 Å². The lowest BCUT2D eigenvalue weighted by Crippen LogP contribution is -2.03. The van der Waals surface area contributed by atoms with E-state index in [-0.39, 0.29) is 15.3 Å². The van der Waals surface area contributed by atoms with Crippen molar-refractivity contribution in [1.29, 1.82) is 0 Å². The number of ether oxygens (including phenoxy) is 1. The Balaban J connectivity index is 2.66. The van der Waals surface area contributed by atoms with E-state index in [0.29, 0.717) is 19.8 Å². The van der Waals surface area contributed by atoms with Gasteiger partial charge < -0.3 is 9.84 Å². The smallest absolute Gasteiger partial charge is 0.327 e. The van der Waals surface area contributed by atoms with Crippen LogP contribution in [0.3, 0.4) is 0 Å². The Morgan fingerprint density at radius 1 is 1.33 bits per heavy atom. The molecule has 0 aromatic carbocycles. The van der Waals surface area contributed by atoms with E-state index in [9.17, 15) is 4.57 Å². The average molecular weight is 152 g/mol. The molecule has 0 bridgehead atoms. The molecule has 0 aliphatic heterocycles. The summed E-state index contributed by atoms with van der Waals surface area (Å²) in [6.07, 6.45) is 0. The van der Waals surface area contributed by atoms with Crippen LogP contribution >= 0.6 is 8.69 Å². The molecule has 0 saturated heterocycles. The first kappa shape index (κ1) is 8.98. The van der Waals surface area contributed by atoms with Crippen molar-refractivity contribution in [2.45, 2.75) is 0 Å². The summed E-state index contributed by atoms with van der Waals surface area (Å²) in [6, 6.07) is 0. The summed E-state index contributed by atoms with van der Waals surface area (Å²) >= 11 is 0. The molecule has 0 unspecified atom stereocenters. The number of rotatable bonds is 6. The number of aliphatic hydroxyl groups is 1. The highest BCUT2D eigenvalue weighted by Gasteiger charge is 1.85. The predicted octanol–water partition coefficient (Wildman–Crippen LogP) is 0.219. The fraction of sp³-hybridized carbons (Fsp3) is 1.00. The molecule has 0 aliphatic rings. The molecular weight excluding hydrogens is 143 g/mol. The Bertz CT molecular complexity index is 67.6. The van der Waals surface area contributed by atoms with E-state index in [1.54, 1.807) is 0 Å². The minimum Gasteiger partial charge on any atom is -0.394 e. The van der Waals surface area contributed by atoms with Crippen LogP contribution < -0.4 is 0 Å². The molecule has 0 fully saturated rings. The van der Waals surface area contributed by atoms with Gasteiger partial charge in [-0.05, 0) is 0 Å².